The second-order valence-electron chi connectivity index (χ2n) is 4.48. The summed E-state index contributed by atoms with van der Waals surface area (Å²) in [5.74, 6) is 0. The number of nitrogens with one attached hydrogen (secondary N) is 1. The molecule has 0 fully saturated rings. The molecule has 0 aromatic heterocycles. The zero-order valence-corrected chi connectivity index (χ0v) is 9.53. The molecule has 0 radical (unpaired) electrons. The fourth-order valence-corrected chi connectivity index (χ4v) is 1.85. The van der Waals surface area contributed by atoms with Gasteiger partial charge in [0, 0.05) is 16.8 Å². The number of hydrogen-bond acceptors (Lipinski definition) is 2. The van der Waals surface area contributed by atoms with E-state index in [-0.39, 0.29) is 5.41 Å². The summed E-state index contributed by atoms with van der Waals surface area (Å²) in [5, 5.41) is 11.0. The minimum atomic E-state index is -1.05. The number of anilines is 1. The smallest absolute Gasteiger partial charge is 0.409 e. The zero-order valence-electron chi connectivity index (χ0n) is 9.53. The summed E-state index contributed by atoms with van der Waals surface area (Å²) in [6.45, 7) is 6.16. The fourth-order valence-electron chi connectivity index (χ4n) is 1.85. The van der Waals surface area contributed by atoms with Gasteiger partial charge in [-0.3, -0.25) is 10.3 Å². The first-order valence-electron chi connectivity index (χ1n) is 5.11. The van der Waals surface area contributed by atoms with Crippen LogP contribution in [0.4, 0.5) is 16.2 Å². The molecule has 2 rings (SSSR count). The van der Waals surface area contributed by atoms with Crippen molar-refractivity contribution in [3.63, 3.8) is 0 Å². The molecule has 1 amide bonds. The Bertz CT molecular complexity index is 490. The molecular weight excluding hydrogens is 204 g/mol. The van der Waals surface area contributed by atoms with Gasteiger partial charge in [-0.2, -0.15) is 0 Å². The van der Waals surface area contributed by atoms with Crippen molar-refractivity contribution in [2.75, 3.05) is 5.32 Å². The standard InChI is InChI=1S/C12H14N2O2/c1-7-12(2,3)9-6-8(14-11(15)16)4-5-10(9)13-7/h4-6,14H,1-3H3,(H,15,16). The molecule has 0 bridgehead atoms. The van der Waals surface area contributed by atoms with Gasteiger partial charge in [0.05, 0.1) is 5.69 Å². The Morgan fingerprint density at radius 2 is 2.12 bits per heavy atom. The average molecular weight is 218 g/mol. The lowest BCUT2D eigenvalue weighted by atomic mass is 9.82. The molecule has 2 N–H and O–H groups in total. The van der Waals surface area contributed by atoms with Crippen LogP contribution in [0.5, 0.6) is 0 Å². The fraction of sp³-hybridized carbons (Fsp3) is 0.333. The molecule has 0 spiro atoms. The van der Waals surface area contributed by atoms with E-state index in [1.807, 2.05) is 19.1 Å². The van der Waals surface area contributed by atoms with Gasteiger partial charge in [-0.25, -0.2) is 4.79 Å². The number of hydrogen-bond donors (Lipinski definition) is 2. The summed E-state index contributed by atoms with van der Waals surface area (Å²) >= 11 is 0. The van der Waals surface area contributed by atoms with Crippen LogP contribution >= 0.6 is 0 Å². The predicted molar refractivity (Wildman–Crippen MR) is 63.9 cm³/mol. The summed E-state index contributed by atoms with van der Waals surface area (Å²) in [6.07, 6.45) is -1.05. The molecule has 84 valence electrons. The highest BCUT2D eigenvalue weighted by Crippen LogP contribution is 2.40. The highest BCUT2D eigenvalue weighted by atomic mass is 16.4. The molecule has 0 saturated carbocycles. The quantitative estimate of drug-likeness (QED) is 0.760. The molecule has 4 heteroatoms. The Morgan fingerprint density at radius 1 is 1.44 bits per heavy atom. The van der Waals surface area contributed by atoms with E-state index in [1.54, 1.807) is 6.07 Å². The van der Waals surface area contributed by atoms with Crippen molar-refractivity contribution in [2.24, 2.45) is 4.99 Å². The minimum Gasteiger partial charge on any atom is -0.465 e. The van der Waals surface area contributed by atoms with E-state index in [9.17, 15) is 4.79 Å². The largest absolute Gasteiger partial charge is 0.465 e. The van der Waals surface area contributed by atoms with Gasteiger partial charge in [0.15, 0.2) is 0 Å². The molecule has 16 heavy (non-hydrogen) atoms. The highest BCUT2D eigenvalue weighted by molar-refractivity contribution is 6.00. The van der Waals surface area contributed by atoms with Gasteiger partial charge in [-0.1, -0.05) is 13.8 Å². The number of carboxylic acid groups (broad SMARTS) is 1. The molecule has 1 aromatic carbocycles. The summed E-state index contributed by atoms with van der Waals surface area (Å²) in [7, 11) is 0. The summed E-state index contributed by atoms with van der Waals surface area (Å²) < 4.78 is 0. The normalized spacial score (nSPS) is 16.6. The maximum atomic E-state index is 10.6. The Hall–Kier alpha value is -1.84. The molecule has 1 heterocycles. The number of carbonyl (C=O) groups is 1. The number of nitrogens with zero attached hydrogens (tertiary/aromatic N) is 1. The predicted octanol–water partition coefficient (Wildman–Crippen LogP) is 3.16. The maximum absolute atomic E-state index is 10.6. The second kappa shape index (κ2) is 3.33. The lowest BCUT2D eigenvalue weighted by Crippen LogP contribution is -2.22. The van der Waals surface area contributed by atoms with Gasteiger partial charge in [-0.15, -0.1) is 0 Å². The Kier molecular flexibility index (Phi) is 2.22. The van der Waals surface area contributed by atoms with Crippen LogP contribution in [0.25, 0.3) is 0 Å². The van der Waals surface area contributed by atoms with E-state index < -0.39 is 6.09 Å². The van der Waals surface area contributed by atoms with E-state index >= 15 is 0 Å². The third kappa shape index (κ3) is 1.56. The third-order valence-electron chi connectivity index (χ3n) is 3.11. The van der Waals surface area contributed by atoms with Crippen molar-refractivity contribution >= 4 is 23.2 Å². The molecule has 0 atom stereocenters. The van der Waals surface area contributed by atoms with Gasteiger partial charge in [0.1, 0.15) is 0 Å². The van der Waals surface area contributed by atoms with Crippen LogP contribution in [0.3, 0.4) is 0 Å². The number of amides is 1. The van der Waals surface area contributed by atoms with Crippen molar-refractivity contribution in [1.29, 1.82) is 0 Å². The van der Waals surface area contributed by atoms with Crippen LogP contribution in [-0.2, 0) is 5.41 Å². The lowest BCUT2D eigenvalue weighted by Gasteiger charge is -2.20. The number of benzene rings is 1. The summed E-state index contributed by atoms with van der Waals surface area (Å²) in [4.78, 5) is 15.0. The van der Waals surface area contributed by atoms with Crippen molar-refractivity contribution in [2.45, 2.75) is 26.2 Å². The summed E-state index contributed by atoms with van der Waals surface area (Å²) in [6, 6.07) is 5.42. The molecular formula is C12H14N2O2. The van der Waals surface area contributed by atoms with E-state index in [1.165, 1.54) is 0 Å². The number of fused-ring (bicyclic) bond motifs is 1. The summed E-state index contributed by atoms with van der Waals surface area (Å²) in [5.41, 5.74) is 3.51. The molecule has 4 nitrogen and oxygen atoms in total. The first-order chi connectivity index (χ1) is 7.41. The average Bonchev–Trinajstić information content (AvgIpc) is 2.39. The van der Waals surface area contributed by atoms with Crippen LogP contribution in [0.2, 0.25) is 0 Å². The van der Waals surface area contributed by atoms with Gasteiger partial charge < -0.3 is 5.11 Å². The van der Waals surface area contributed by atoms with Crippen molar-refractivity contribution in [3.05, 3.63) is 23.8 Å². The number of aliphatic imine (C=N–C) groups is 1. The second-order valence-corrected chi connectivity index (χ2v) is 4.48. The van der Waals surface area contributed by atoms with Gasteiger partial charge in [-0.05, 0) is 30.7 Å². The zero-order chi connectivity index (χ0) is 11.9. The van der Waals surface area contributed by atoms with E-state index in [2.05, 4.69) is 24.2 Å². The maximum Gasteiger partial charge on any atom is 0.409 e. The van der Waals surface area contributed by atoms with Gasteiger partial charge in [0.25, 0.3) is 0 Å². The molecule has 1 aliphatic heterocycles. The van der Waals surface area contributed by atoms with Crippen LogP contribution in [-0.4, -0.2) is 16.9 Å². The first-order valence-corrected chi connectivity index (χ1v) is 5.11. The highest BCUT2D eigenvalue weighted by Gasteiger charge is 2.32. The van der Waals surface area contributed by atoms with Gasteiger partial charge >= 0.3 is 6.09 Å². The van der Waals surface area contributed by atoms with Crippen LogP contribution in [0.15, 0.2) is 23.2 Å². The Balaban J connectivity index is 2.44. The van der Waals surface area contributed by atoms with E-state index in [0.717, 1.165) is 17.0 Å². The molecule has 0 saturated heterocycles. The Labute approximate surface area is 94.0 Å². The lowest BCUT2D eigenvalue weighted by molar-refractivity contribution is 0.209. The molecule has 0 unspecified atom stereocenters. The van der Waals surface area contributed by atoms with Crippen LogP contribution < -0.4 is 5.32 Å². The molecule has 1 aromatic rings. The van der Waals surface area contributed by atoms with Crippen molar-refractivity contribution in [3.8, 4) is 0 Å². The van der Waals surface area contributed by atoms with Crippen molar-refractivity contribution in [1.82, 2.24) is 0 Å². The Morgan fingerprint density at radius 3 is 2.75 bits per heavy atom. The third-order valence-corrected chi connectivity index (χ3v) is 3.11. The van der Waals surface area contributed by atoms with Gasteiger partial charge in [0.2, 0.25) is 0 Å². The number of rotatable bonds is 1. The monoisotopic (exact) mass is 218 g/mol. The first kappa shape index (κ1) is 10.7. The SMILES string of the molecule is CC1=Nc2ccc(NC(=O)O)cc2C1(C)C. The molecule has 1 aliphatic rings. The topological polar surface area (TPSA) is 61.7 Å². The van der Waals surface area contributed by atoms with E-state index in [0.29, 0.717) is 5.69 Å². The van der Waals surface area contributed by atoms with Crippen molar-refractivity contribution < 1.29 is 9.90 Å². The van der Waals surface area contributed by atoms with E-state index in [4.69, 9.17) is 5.11 Å². The minimum absolute atomic E-state index is 0.120. The molecule has 0 aliphatic carbocycles. The van der Waals surface area contributed by atoms with Crippen LogP contribution in [0, 0.1) is 0 Å². The van der Waals surface area contributed by atoms with Crippen LogP contribution in [0.1, 0.15) is 26.3 Å².